The molecule has 2 heterocycles. The molecule has 4 rings (SSSR count). The molecule has 8 nitrogen and oxygen atoms in total. The normalized spacial score (nSPS) is 12.5. The fraction of sp³-hybridized carbons (Fsp3) is 0.273. The summed E-state index contributed by atoms with van der Waals surface area (Å²) in [6.45, 7) is -0.327. The van der Waals surface area contributed by atoms with Crippen LogP contribution in [0.15, 0.2) is 24.3 Å². The molecule has 0 saturated carbocycles. The topological polar surface area (TPSA) is 118 Å². The summed E-state index contributed by atoms with van der Waals surface area (Å²) < 4.78 is 15.2. The van der Waals surface area contributed by atoms with Gasteiger partial charge in [0.15, 0.2) is 0 Å². The molecule has 1 aliphatic carbocycles. The van der Waals surface area contributed by atoms with E-state index in [-0.39, 0.29) is 27.6 Å². The van der Waals surface area contributed by atoms with Crippen LogP contribution in [0.25, 0.3) is 10.9 Å². The second kappa shape index (κ2) is 8.35. The average molecular weight is 440 g/mol. The number of para-hydroxylation sites is 1. The number of hydrogen-bond acceptors (Lipinski definition) is 9. The number of anilines is 1. The third kappa shape index (κ3) is 3.61. The van der Waals surface area contributed by atoms with Crippen molar-refractivity contribution in [2.75, 3.05) is 20.0 Å². The Morgan fingerprint density at radius 3 is 2.52 bits per heavy atom. The Bertz CT molecular complexity index is 1220. The number of carbonyl (C=O) groups excluding carboxylic acids is 3. The monoisotopic (exact) mass is 440 g/mol. The predicted molar refractivity (Wildman–Crippen MR) is 114 cm³/mol. The smallest absolute Gasteiger partial charge is 0.348 e. The molecule has 0 bridgehead atoms. The quantitative estimate of drug-likeness (QED) is 0.474. The van der Waals surface area contributed by atoms with Crippen molar-refractivity contribution in [2.24, 2.45) is 0 Å². The minimum atomic E-state index is -0.717. The molecule has 0 spiro atoms. The van der Waals surface area contributed by atoms with Crippen LogP contribution in [0.5, 0.6) is 0 Å². The molecule has 2 aromatic heterocycles. The van der Waals surface area contributed by atoms with E-state index in [0.717, 1.165) is 47.4 Å². The first-order valence-corrected chi connectivity index (χ1v) is 10.4. The summed E-state index contributed by atoms with van der Waals surface area (Å²) in [6.07, 6.45) is 2.46. The zero-order chi connectivity index (χ0) is 22.1. The molecule has 0 atom stereocenters. The second-order valence-corrected chi connectivity index (χ2v) is 8.04. The molecule has 0 radical (unpaired) electrons. The Morgan fingerprint density at radius 2 is 1.77 bits per heavy atom. The van der Waals surface area contributed by atoms with Gasteiger partial charge < -0.3 is 19.9 Å². The Morgan fingerprint density at radius 1 is 1.03 bits per heavy atom. The van der Waals surface area contributed by atoms with Gasteiger partial charge in [-0.15, -0.1) is 11.3 Å². The van der Waals surface area contributed by atoms with Crippen LogP contribution in [0.3, 0.4) is 0 Å². The maximum absolute atomic E-state index is 13.2. The van der Waals surface area contributed by atoms with Crippen molar-refractivity contribution in [1.29, 1.82) is 0 Å². The number of thiophene rings is 1. The standard InChI is InChI=1S/C22H20N2O6S/c1-28-20(25)17-13(18(22(27)29-2)31-19(17)23)10-30-21(26)16-11-6-3-4-8-14(11)24-15-9-5-7-12(15)16/h3-4,6,8H,5,7,9-10,23H2,1-2H3. The van der Waals surface area contributed by atoms with Gasteiger partial charge in [-0.2, -0.15) is 0 Å². The molecule has 9 heteroatoms. The summed E-state index contributed by atoms with van der Waals surface area (Å²) in [5.74, 6) is -1.94. The Balaban J connectivity index is 1.72. The van der Waals surface area contributed by atoms with E-state index in [1.807, 2.05) is 24.3 Å². The Kier molecular flexibility index (Phi) is 5.60. The summed E-state index contributed by atoms with van der Waals surface area (Å²) in [5, 5.41) is 0.799. The molecule has 3 aromatic rings. The van der Waals surface area contributed by atoms with Crippen LogP contribution < -0.4 is 5.73 Å². The van der Waals surface area contributed by atoms with E-state index < -0.39 is 17.9 Å². The van der Waals surface area contributed by atoms with Crippen LogP contribution in [0, 0.1) is 0 Å². The number of ether oxygens (including phenoxy) is 3. The van der Waals surface area contributed by atoms with E-state index in [2.05, 4.69) is 4.98 Å². The molecule has 31 heavy (non-hydrogen) atoms. The third-order valence-corrected chi connectivity index (χ3v) is 6.31. The maximum Gasteiger partial charge on any atom is 0.348 e. The van der Waals surface area contributed by atoms with E-state index in [1.165, 1.54) is 14.2 Å². The van der Waals surface area contributed by atoms with Crippen LogP contribution in [-0.4, -0.2) is 37.1 Å². The van der Waals surface area contributed by atoms with Gasteiger partial charge in [0.25, 0.3) is 0 Å². The Hall–Kier alpha value is -3.46. The average Bonchev–Trinajstić information content (AvgIpc) is 3.38. The number of rotatable bonds is 5. The molecule has 1 aromatic carbocycles. The van der Waals surface area contributed by atoms with E-state index in [4.69, 9.17) is 19.9 Å². The van der Waals surface area contributed by atoms with Crippen molar-refractivity contribution in [3.05, 3.63) is 57.1 Å². The number of esters is 3. The lowest BCUT2D eigenvalue weighted by Gasteiger charge is -2.13. The van der Waals surface area contributed by atoms with Crippen LogP contribution in [0.4, 0.5) is 5.00 Å². The summed E-state index contributed by atoms with van der Waals surface area (Å²) >= 11 is 0.889. The molecular formula is C22H20N2O6S. The number of methoxy groups -OCH3 is 2. The number of hydrogen-bond donors (Lipinski definition) is 1. The van der Waals surface area contributed by atoms with Gasteiger partial charge >= 0.3 is 17.9 Å². The van der Waals surface area contributed by atoms with Crippen molar-refractivity contribution in [1.82, 2.24) is 4.98 Å². The summed E-state index contributed by atoms with van der Waals surface area (Å²) in [4.78, 5) is 42.4. The highest BCUT2D eigenvalue weighted by molar-refractivity contribution is 7.18. The van der Waals surface area contributed by atoms with Gasteiger partial charge in [0.05, 0.1) is 25.3 Å². The summed E-state index contributed by atoms with van der Waals surface area (Å²) in [5.41, 5.74) is 9.09. The summed E-state index contributed by atoms with van der Waals surface area (Å²) in [6, 6.07) is 7.40. The zero-order valence-corrected chi connectivity index (χ0v) is 17.8. The van der Waals surface area contributed by atoms with Crippen LogP contribution in [0.1, 0.15) is 53.6 Å². The number of carbonyl (C=O) groups is 3. The summed E-state index contributed by atoms with van der Waals surface area (Å²) in [7, 11) is 2.43. The fourth-order valence-electron chi connectivity index (χ4n) is 3.86. The molecule has 0 saturated heterocycles. The molecule has 0 aliphatic heterocycles. The highest BCUT2D eigenvalue weighted by atomic mass is 32.1. The first kappa shape index (κ1) is 20.8. The molecule has 0 fully saturated rings. The van der Waals surface area contributed by atoms with Crippen molar-refractivity contribution in [3.8, 4) is 0 Å². The van der Waals surface area contributed by atoms with Gasteiger partial charge in [-0.05, 0) is 30.9 Å². The number of benzene rings is 1. The fourth-order valence-corrected chi connectivity index (χ4v) is 4.84. The van der Waals surface area contributed by atoms with E-state index in [1.54, 1.807) is 0 Å². The Labute approximate surface area is 181 Å². The number of fused-ring (bicyclic) bond motifs is 2. The van der Waals surface area contributed by atoms with Gasteiger partial charge in [-0.3, -0.25) is 4.98 Å². The first-order valence-electron chi connectivity index (χ1n) is 9.61. The molecule has 0 unspecified atom stereocenters. The molecule has 160 valence electrons. The van der Waals surface area contributed by atoms with E-state index >= 15 is 0 Å². The van der Waals surface area contributed by atoms with Gasteiger partial charge in [0, 0.05) is 16.6 Å². The van der Waals surface area contributed by atoms with Crippen molar-refractivity contribution < 1.29 is 28.6 Å². The van der Waals surface area contributed by atoms with Crippen LogP contribution in [-0.2, 0) is 33.7 Å². The number of nitrogens with two attached hydrogens (primary N) is 1. The number of nitrogen functional groups attached to an aromatic ring is 1. The van der Waals surface area contributed by atoms with Crippen molar-refractivity contribution >= 4 is 45.1 Å². The highest BCUT2D eigenvalue weighted by Crippen LogP contribution is 2.34. The van der Waals surface area contributed by atoms with Crippen LogP contribution >= 0.6 is 11.3 Å². The van der Waals surface area contributed by atoms with Crippen molar-refractivity contribution in [2.45, 2.75) is 25.9 Å². The predicted octanol–water partition coefficient (Wildman–Crippen LogP) is 3.30. The lowest BCUT2D eigenvalue weighted by atomic mass is 10.0. The van der Waals surface area contributed by atoms with Gasteiger partial charge in [0.1, 0.15) is 22.0 Å². The van der Waals surface area contributed by atoms with Gasteiger partial charge in [0.2, 0.25) is 0 Å². The molecule has 0 amide bonds. The third-order valence-electron chi connectivity index (χ3n) is 5.27. The van der Waals surface area contributed by atoms with Crippen LogP contribution in [0.2, 0.25) is 0 Å². The maximum atomic E-state index is 13.2. The first-order chi connectivity index (χ1) is 15.0. The number of aryl methyl sites for hydroxylation is 1. The zero-order valence-electron chi connectivity index (χ0n) is 17.0. The number of pyridine rings is 1. The SMILES string of the molecule is COC(=O)c1sc(N)c(C(=O)OC)c1COC(=O)c1c2c(nc3ccccc13)CCC2. The highest BCUT2D eigenvalue weighted by Gasteiger charge is 2.29. The second-order valence-electron chi connectivity index (χ2n) is 6.99. The minimum Gasteiger partial charge on any atom is -0.465 e. The largest absolute Gasteiger partial charge is 0.465 e. The van der Waals surface area contributed by atoms with Gasteiger partial charge in [-0.25, -0.2) is 14.4 Å². The lowest BCUT2D eigenvalue weighted by Crippen LogP contribution is -2.14. The molecule has 1 aliphatic rings. The van der Waals surface area contributed by atoms with Gasteiger partial charge in [-0.1, -0.05) is 18.2 Å². The van der Waals surface area contributed by atoms with E-state index in [9.17, 15) is 14.4 Å². The minimum absolute atomic E-state index is 0.00511. The molecule has 2 N–H and O–H groups in total. The number of nitrogens with zero attached hydrogens (tertiary/aromatic N) is 1. The van der Waals surface area contributed by atoms with E-state index in [0.29, 0.717) is 10.9 Å². The number of aromatic nitrogens is 1. The lowest BCUT2D eigenvalue weighted by molar-refractivity contribution is 0.0453. The van der Waals surface area contributed by atoms with Crippen molar-refractivity contribution in [3.63, 3.8) is 0 Å². The molecular weight excluding hydrogens is 420 g/mol.